The van der Waals surface area contributed by atoms with Gasteiger partial charge in [-0.15, -0.1) is 10.2 Å². The lowest BCUT2D eigenvalue weighted by Crippen LogP contribution is -2.38. The third kappa shape index (κ3) is 5.47. The van der Waals surface area contributed by atoms with E-state index in [4.69, 9.17) is 9.73 Å². The predicted molar refractivity (Wildman–Crippen MR) is 112 cm³/mol. The van der Waals surface area contributed by atoms with Crippen molar-refractivity contribution in [3.05, 3.63) is 41.5 Å². The molecule has 0 saturated heterocycles. The number of aliphatic imine (C=N–C) groups is 1. The van der Waals surface area contributed by atoms with Gasteiger partial charge in [-0.2, -0.15) is 0 Å². The van der Waals surface area contributed by atoms with Crippen molar-refractivity contribution < 1.29 is 4.74 Å². The van der Waals surface area contributed by atoms with E-state index in [9.17, 15) is 0 Å². The molecular formula is C21H32N6O. The molecule has 3 rings (SSSR count). The number of hydrogen-bond donors (Lipinski definition) is 2. The van der Waals surface area contributed by atoms with Gasteiger partial charge in [0.2, 0.25) is 0 Å². The summed E-state index contributed by atoms with van der Waals surface area (Å²) < 4.78 is 8.00. The van der Waals surface area contributed by atoms with E-state index < -0.39 is 0 Å². The molecule has 0 unspecified atom stereocenters. The third-order valence-corrected chi connectivity index (χ3v) is 4.85. The summed E-state index contributed by atoms with van der Waals surface area (Å²) in [6.07, 6.45) is 5.60. The Hall–Kier alpha value is -2.57. The van der Waals surface area contributed by atoms with Crippen LogP contribution in [-0.4, -0.2) is 40.4 Å². The van der Waals surface area contributed by atoms with Crippen molar-refractivity contribution in [3.63, 3.8) is 0 Å². The maximum absolute atomic E-state index is 5.69. The van der Waals surface area contributed by atoms with Crippen molar-refractivity contribution in [2.24, 2.45) is 4.99 Å². The average molecular weight is 385 g/mol. The lowest BCUT2D eigenvalue weighted by Gasteiger charge is -2.13. The van der Waals surface area contributed by atoms with Crippen LogP contribution in [0.2, 0.25) is 0 Å². The second-order valence-electron chi connectivity index (χ2n) is 6.91. The van der Waals surface area contributed by atoms with Crippen molar-refractivity contribution >= 4 is 5.96 Å². The smallest absolute Gasteiger partial charge is 0.191 e. The Bertz CT molecular complexity index is 770. The molecule has 152 valence electrons. The molecule has 0 fully saturated rings. The molecule has 28 heavy (non-hydrogen) atoms. The van der Waals surface area contributed by atoms with Crippen molar-refractivity contribution in [2.45, 2.75) is 59.0 Å². The van der Waals surface area contributed by atoms with Crippen molar-refractivity contribution in [3.8, 4) is 5.75 Å². The summed E-state index contributed by atoms with van der Waals surface area (Å²) in [5.74, 6) is 3.92. The lowest BCUT2D eigenvalue weighted by atomic mass is 10.2. The molecule has 0 radical (unpaired) electrons. The van der Waals surface area contributed by atoms with Crippen LogP contribution < -0.4 is 15.4 Å². The average Bonchev–Trinajstić information content (AvgIpc) is 2.94. The van der Waals surface area contributed by atoms with E-state index in [0.29, 0.717) is 13.2 Å². The Kier molecular flexibility index (Phi) is 7.70. The van der Waals surface area contributed by atoms with Crippen LogP contribution in [0.3, 0.4) is 0 Å². The second kappa shape index (κ2) is 10.7. The standard InChI is InChI=1S/C21H32N6O/c1-3-22-21(24-16-17-10-7-8-11-18(17)28-4-2)23-14-13-20-26-25-19-12-6-5-9-15-27(19)20/h7-8,10-11H,3-6,9,12-16H2,1-2H3,(H2,22,23,24). The largest absolute Gasteiger partial charge is 0.494 e. The van der Waals surface area contributed by atoms with E-state index in [-0.39, 0.29) is 0 Å². The second-order valence-corrected chi connectivity index (χ2v) is 6.91. The van der Waals surface area contributed by atoms with E-state index in [0.717, 1.165) is 61.4 Å². The van der Waals surface area contributed by atoms with Gasteiger partial charge >= 0.3 is 0 Å². The quantitative estimate of drug-likeness (QED) is 0.541. The molecule has 1 aliphatic heterocycles. The van der Waals surface area contributed by atoms with Gasteiger partial charge in [0.15, 0.2) is 5.96 Å². The maximum atomic E-state index is 5.69. The fraction of sp³-hybridized carbons (Fsp3) is 0.571. The molecule has 2 heterocycles. The van der Waals surface area contributed by atoms with Crippen LogP contribution in [0.5, 0.6) is 5.75 Å². The van der Waals surface area contributed by atoms with E-state index in [1.54, 1.807) is 0 Å². The summed E-state index contributed by atoms with van der Waals surface area (Å²) >= 11 is 0. The topological polar surface area (TPSA) is 76.4 Å². The van der Waals surface area contributed by atoms with Gasteiger partial charge in [0.25, 0.3) is 0 Å². The number of fused-ring (bicyclic) bond motifs is 1. The maximum Gasteiger partial charge on any atom is 0.191 e. The third-order valence-electron chi connectivity index (χ3n) is 4.85. The molecule has 7 nitrogen and oxygen atoms in total. The predicted octanol–water partition coefficient (Wildman–Crippen LogP) is 2.70. The Labute approximate surface area is 167 Å². The monoisotopic (exact) mass is 384 g/mol. The molecule has 0 amide bonds. The molecular weight excluding hydrogens is 352 g/mol. The first-order valence-corrected chi connectivity index (χ1v) is 10.5. The molecule has 0 saturated carbocycles. The summed E-state index contributed by atoms with van der Waals surface area (Å²) in [7, 11) is 0. The Morgan fingerprint density at radius 1 is 1.14 bits per heavy atom. The van der Waals surface area contributed by atoms with Crippen molar-refractivity contribution in [1.29, 1.82) is 0 Å². The molecule has 0 spiro atoms. The van der Waals surface area contributed by atoms with Crippen molar-refractivity contribution in [2.75, 3.05) is 19.7 Å². The molecule has 2 N–H and O–H groups in total. The number of aromatic nitrogens is 3. The zero-order valence-electron chi connectivity index (χ0n) is 17.1. The molecule has 0 atom stereocenters. The Balaban J connectivity index is 1.58. The van der Waals surface area contributed by atoms with E-state index >= 15 is 0 Å². The normalized spacial score (nSPS) is 14.3. The van der Waals surface area contributed by atoms with Gasteiger partial charge in [0.1, 0.15) is 17.4 Å². The van der Waals surface area contributed by atoms with E-state index in [2.05, 4.69) is 38.4 Å². The van der Waals surface area contributed by atoms with Gasteiger partial charge in [0.05, 0.1) is 13.2 Å². The van der Waals surface area contributed by atoms with Crippen LogP contribution in [0.4, 0.5) is 0 Å². The Morgan fingerprint density at radius 2 is 2.04 bits per heavy atom. The van der Waals surface area contributed by atoms with Gasteiger partial charge in [-0.1, -0.05) is 24.6 Å². The Morgan fingerprint density at radius 3 is 2.89 bits per heavy atom. The molecule has 0 aliphatic carbocycles. The van der Waals surface area contributed by atoms with E-state index in [1.807, 2.05) is 25.1 Å². The fourth-order valence-electron chi connectivity index (χ4n) is 3.46. The number of benzene rings is 1. The minimum Gasteiger partial charge on any atom is -0.494 e. The van der Waals surface area contributed by atoms with Gasteiger partial charge in [0, 0.05) is 38.0 Å². The van der Waals surface area contributed by atoms with Gasteiger partial charge < -0.3 is 19.9 Å². The van der Waals surface area contributed by atoms with Crippen LogP contribution in [0.25, 0.3) is 0 Å². The summed E-state index contributed by atoms with van der Waals surface area (Å²) in [5, 5.41) is 15.5. The number of rotatable bonds is 8. The number of nitrogens with zero attached hydrogens (tertiary/aromatic N) is 4. The highest BCUT2D eigenvalue weighted by Crippen LogP contribution is 2.18. The van der Waals surface area contributed by atoms with Crippen LogP contribution in [0.15, 0.2) is 29.3 Å². The molecule has 1 aliphatic rings. The van der Waals surface area contributed by atoms with Gasteiger partial charge in [-0.3, -0.25) is 0 Å². The van der Waals surface area contributed by atoms with E-state index in [1.165, 1.54) is 19.3 Å². The zero-order chi connectivity index (χ0) is 19.6. The number of nitrogens with one attached hydrogen (secondary N) is 2. The molecule has 7 heteroatoms. The number of ether oxygens (including phenoxy) is 1. The lowest BCUT2D eigenvalue weighted by molar-refractivity contribution is 0.336. The molecule has 2 aromatic rings. The number of para-hydroxylation sites is 1. The highest BCUT2D eigenvalue weighted by molar-refractivity contribution is 5.79. The number of guanidine groups is 1. The SMILES string of the molecule is CCNC(=NCc1ccccc1OCC)NCCc1nnc2n1CCCCC2. The van der Waals surface area contributed by atoms with Crippen LogP contribution >= 0.6 is 0 Å². The molecule has 1 aromatic heterocycles. The highest BCUT2D eigenvalue weighted by Gasteiger charge is 2.14. The first-order chi connectivity index (χ1) is 13.8. The summed E-state index contributed by atoms with van der Waals surface area (Å²) in [4.78, 5) is 4.72. The molecule has 1 aromatic carbocycles. The van der Waals surface area contributed by atoms with Crippen LogP contribution in [0, 0.1) is 0 Å². The minimum absolute atomic E-state index is 0.575. The summed E-state index contributed by atoms with van der Waals surface area (Å²) in [6.45, 7) is 7.94. The summed E-state index contributed by atoms with van der Waals surface area (Å²) in [5.41, 5.74) is 1.09. The summed E-state index contributed by atoms with van der Waals surface area (Å²) in [6, 6.07) is 8.06. The van der Waals surface area contributed by atoms with Crippen LogP contribution in [-0.2, 0) is 25.9 Å². The number of aryl methyl sites for hydroxylation is 1. The minimum atomic E-state index is 0.575. The zero-order valence-corrected chi connectivity index (χ0v) is 17.1. The van der Waals surface area contributed by atoms with Gasteiger partial charge in [-0.25, -0.2) is 4.99 Å². The van der Waals surface area contributed by atoms with Crippen molar-refractivity contribution in [1.82, 2.24) is 25.4 Å². The fourth-order valence-corrected chi connectivity index (χ4v) is 3.46. The van der Waals surface area contributed by atoms with Gasteiger partial charge in [-0.05, 0) is 32.8 Å². The van der Waals surface area contributed by atoms with Crippen LogP contribution in [0.1, 0.15) is 50.3 Å². The first-order valence-electron chi connectivity index (χ1n) is 10.5. The first kappa shape index (κ1) is 20.2. The number of hydrogen-bond acceptors (Lipinski definition) is 4. The molecule has 0 bridgehead atoms. The highest BCUT2D eigenvalue weighted by atomic mass is 16.5.